The zero-order chi connectivity index (χ0) is 16.7. The minimum absolute atomic E-state index is 0.0932. The molecular weight excluding hydrogens is 314 g/mol. The molecule has 6 nitrogen and oxygen atoms in total. The highest BCUT2D eigenvalue weighted by Crippen LogP contribution is 2.22. The van der Waals surface area contributed by atoms with Gasteiger partial charge in [-0.15, -0.1) is 0 Å². The summed E-state index contributed by atoms with van der Waals surface area (Å²) in [6.07, 6.45) is 4.02. The maximum atomic E-state index is 11.9. The molecule has 1 aliphatic heterocycles. The molecule has 2 N–H and O–H groups in total. The lowest BCUT2D eigenvalue weighted by atomic mass is 10.2. The van der Waals surface area contributed by atoms with Crippen LogP contribution >= 0.6 is 0 Å². The van der Waals surface area contributed by atoms with Gasteiger partial charge in [-0.05, 0) is 31.4 Å². The molecule has 1 heterocycles. The van der Waals surface area contributed by atoms with Gasteiger partial charge >= 0.3 is 0 Å². The fourth-order valence-electron chi connectivity index (χ4n) is 2.37. The molecule has 0 aliphatic carbocycles. The van der Waals surface area contributed by atoms with Crippen molar-refractivity contribution in [2.45, 2.75) is 43.9 Å². The second-order valence-corrected chi connectivity index (χ2v) is 7.14. The number of benzene rings is 1. The summed E-state index contributed by atoms with van der Waals surface area (Å²) in [6.45, 7) is 3.30. The Morgan fingerprint density at radius 1 is 1.22 bits per heavy atom. The number of rotatable bonds is 8. The van der Waals surface area contributed by atoms with Crippen molar-refractivity contribution in [1.29, 1.82) is 0 Å². The third-order valence-electron chi connectivity index (χ3n) is 3.57. The van der Waals surface area contributed by atoms with Crippen LogP contribution in [-0.2, 0) is 14.8 Å². The van der Waals surface area contributed by atoms with E-state index in [-0.39, 0.29) is 10.8 Å². The lowest BCUT2D eigenvalue weighted by molar-refractivity contribution is -0.121. The highest BCUT2D eigenvalue weighted by Gasteiger charge is 2.29. The number of nitrogens with zero attached hydrogens (tertiary/aromatic N) is 1. The van der Waals surface area contributed by atoms with Gasteiger partial charge in [0.15, 0.2) is 0 Å². The Bertz CT molecular complexity index is 684. The normalized spacial score (nSPS) is 16.8. The van der Waals surface area contributed by atoms with Gasteiger partial charge in [0.05, 0.1) is 4.90 Å². The lowest BCUT2D eigenvalue weighted by Gasteiger charge is -2.03. The number of amides is 1. The predicted octanol–water partition coefficient (Wildman–Crippen LogP) is 1.81. The molecule has 1 aromatic rings. The first-order chi connectivity index (χ1) is 11.0. The Morgan fingerprint density at radius 2 is 2.00 bits per heavy atom. The number of unbranched alkanes of at least 4 members (excludes halogenated alkanes) is 2. The molecule has 0 saturated carbocycles. The second-order valence-electron chi connectivity index (χ2n) is 5.49. The summed E-state index contributed by atoms with van der Waals surface area (Å²) in [7, 11) is -3.46. The number of carbonyl (C=O) groups excluding carboxylic acids is 1. The number of hydrogen-bond acceptors (Lipinski definition) is 4. The largest absolute Gasteiger partial charge is 0.356 e. The molecule has 23 heavy (non-hydrogen) atoms. The van der Waals surface area contributed by atoms with Gasteiger partial charge in [-0.3, -0.25) is 14.5 Å². The Labute approximate surface area is 137 Å². The quantitative estimate of drug-likeness (QED) is 0.709. The molecule has 126 valence electrons. The van der Waals surface area contributed by atoms with Gasteiger partial charge in [0.25, 0.3) is 10.0 Å². The molecule has 0 saturated heterocycles. The summed E-state index contributed by atoms with van der Waals surface area (Å²) in [4.78, 5) is 16.1. The molecule has 0 aromatic heterocycles. The van der Waals surface area contributed by atoms with Gasteiger partial charge in [-0.2, -0.15) is 0 Å². The number of aliphatic imine (C=N–C) groups is 1. The number of fused-ring (bicyclic) bond motifs is 1. The minimum atomic E-state index is -3.46. The summed E-state index contributed by atoms with van der Waals surface area (Å²) in [5.74, 6) is 0.511. The van der Waals surface area contributed by atoms with E-state index in [4.69, 9.17) is 0 Å². The van der Waals surface area contributed by atoms with Crippen LogP contribution in [0.15, 0.2) is 34.2 Å². The first-order valence-electron chi connectivity index (χ1n) is 7.98. The van der Waals surface area contributed by atoms with Gasteiger partial charge in [-0.25, -0.2) is 8.42 Å². The van der Waals surface area contributed by atoms with E-state index in [0.717, 1.165) is 32.2 Å². The smallest absolute Gasteiger partial charge is 0.263 e. The zero-order valence-corrected chi connectivity index (χ0v) is 14.2. The number of nitrogens with one attached hydrogen (secondary N) is 2. The van der Waals surface area contributed by atoms with E-state index in [1.807, 2.05) is 6.92 Å². The van der Waals surface area contributed by atoms with E-state index < -0.39 is 10.0 Å². The van der Waals surface area contributed by atoms with E-state index >= 15 is 0 Å². The van der Waals surface area contributed by atoms with Crippen molar-refractivity contribution < 1.29 is 13.2 Å². The van der Waals surface area contributed by atoms with Crippen LogP contribution in [0.1, 0.15) is 44.6 Å². The standard InChI is InChI=1S/C16H23N3O3S/c1-2-11-17-15(20)10-4-3-7-12-18-16-13-8-5-6-9-14(13)23(21,22)19-16/h5-6,8-9H,2-4,7,10-12H2,1H3,(H,17,20)(H,18,19). The fraction of sp³-hybridized carbons (Fsp3) is 0.500. The molecule has 2 rings (SSSR count). The van der Waals surface area contributed by atoms with E-state index in [9.17, 15) is 13.2 Å². The third kappa shape index (κ3) is 4.79. The van der Waals surface area contributed by atoms with Gasteiger partial charge in [0.2, 0.25) is 5.91 Å². The summed E-state index contributed by atoms with van der Waals surface area (Å²) in [5, 5.41) is 2.84. The molecule has 1 amide bonds. The average Bonchev–Trinajstić information content (AvgIpc) is 2.80. The van der Waals surface area contributed by atoms with E-state index in [2.05, 4.69) is 15.0 Å². The summed E-state index contributed by atoms with van der Waals surface area (Å²) < 4.78 is 26.3. The van der Waals surface area contributed by atoms with Gasteiger partial charge < -0.3 is 5.32 Å². The summed E-state index contributed by atoms with van der Waals surface area (Å²) >= 11 is 0. The van der Waals surface area contributed by atoms with Crippen LogP contribution in [-0.4, -0.2) is 33.3 Å². The highest BCUT2D eigenvalue weighted by atomic mass is 32.2. The van der Waals surface area contributed by atoms with E-state index in [1.54, 1.807) is 24.3 Å². The highest BCUT2D eigenvalue weighted by molar-refractivity contribution is 7.90. The number of sulfonamides is 1. The van der Waals surface area contributed by atoms with E-state index in [1.165, 1.54) is 0 Å². The maximum Gasteiger partial charge on any atom is 0.263 e. The van der Waals surface area contributed by atoms with Gasteiger partial charge in [0.1, 0.15) is 5.84 Å². The summed E-state index contributed by atoms with van der Waals surface area (Å²) in [5.41, 5.74) is 0.631. The Hall–Kier alpha value is -1.89. The second kappa shape index (κ2) is 8.10. The number of amidine groups is 1. The first-order valence-corrected chi connectivity index (χ1v) is 9.46. The maximum absolute atomic E-state index is 11.9. The Kier molecular flexibility index (Phi) is 6.15. The lowest BCUT2D eigenvalue weighted by Crippen LogP contribution is -2.23. The van der Waals surface area contributed by atoms with Crippen molar-refractivity contribution in [1.82, 2.24) is 10.0 Å². The molecule has 0 bridgehead atoms. The fourth-order valence-corrected chi connectivity index (χ4v) is 3.62. The molecule has 0 spiro atoms. The SMILES string of the molecule is CCCNC(=O)CCCCCN=C1NS(=O)(=O)c2ccccc21. The van der Waals surface area contributed by atoms with Crippen molar-refractivity contribution in [2.75, 3.05) is 13.1 Å². The predicted molar refractivity (Wildman–Crippen MR) is 89.9 cm³/mol. The molecule has 0 fully saturated rings. The molecule has 0 radical (unpaired) electrons. The zero-order valence-electron chi connectivity index (χ0n) is 13.3. The Morgan fingerprint density at radius 3 is 2.78 bits per heavy atom. The monoisotopic (exact) mass is 337 g/mol. The van der Waals surface area contributed by atoms with Crippen molar-refractivity contribution in [3.05, 3.63) is 29.8 Å². The Balaban J connectivity index is 1.76. The molecule has 1 aromatic carbocycles. The van der Waals surface area contributed by atoms with Crippen LogP contribution in [0.5, 0.6) is 0 Å². The van der Waals surface area contributed by atoms with Crippen molar-refractivity contribution >= 4 is 21.8 Å². The third-order valence-corrected chi connectivity index (χ3v) is 4.96. The van der Waals surface area contributed by atoms with Crippen molar-refractivity contribution in [3.8, 4) is 0 Å². The number of hydrogen-bond donors (Lipinski definition) is 2. The minimum Gasteiger partial charge on any atom is -0.356 e. The van der Waals surface area contributed by atoms with Crippen LogP contribution in [0.3, 0.4) is 0 Å². The van der Waals surface area contributed by atoms with E-state index in [0.29, 0.717) is 24.4 Å². The van der Waals surface area contributed by atoms with Crippen LogP contribution in [0.25, 0.3) is 0 Å². The molecular formula is C16H23N3O3S. The van der Waals surface area contributed by atoms with Crippen LogP contribution in [0, 0.1) is 0 Å². The van der Waals surface area contributed by atoms with Gasteiger partial charge in [-0.1, -0.05) is 25.5 Å². The van der Waals surface area contributed by atoms with Crippen LogP contribution in [0.4, 0.5) is 0 Å². The summed E-state index contributed by atoms with van der Waals surface area (Å²) in [6, 6.07) is 6.83. The molecule has 0 unspecified atom stereocenters. The van der Waals surface area contributed by atoms with Gasteiger partial charge in [0, 0.05) is 25.1 Å². The molecule has 0 atom stereocenters. The van der Waals surface area contributed by atoms with Crippen LogP contribution < -0.4 is 10.0 Å². The van der Waals surface area contributed by atoms with Crippen LogP contribution in [0.2, 0.25) is 0 Å². The van der Waals surface area contributed by atoms with Crippen molar-refractivity contribution in [2.24, 2.45) is 4.99 Å². The average molecular weight is 337 g/mol. The molecule has 7 heteroatoms. The molecule has 1 aliphatic rings. The van der Waals surface area contributed by atoms with Crippen molar-refractivity contribution in [3.63, 3.8) is 0 Å². The topological polar surface area (TPSA) is 87.6 Å². The first kappa shape index (κ1) is 17.5. The number of carbonyl (C=O) groups is 1.